The predicted octanol–water partition coefficient (Wildman–Crippen LogP) is 3.67. The summed E-state index contributed by atoms with van der Waals surface area (Å²) in [5.41, 5.74) is 2.53. The van der Waals surface area contributed by atoms with Crippen LogP contribution in [0.4, 0.5) is 5.69 Å². The first-order valence-corrected chi connectivity index (χ1v) is 8.86. The molecule has 0 unspecified atom stereocenters. The first-order valence-electron chi connectivity index (χ1n) is 7.98. The molecule has 0 N–H and O–H groups in total. The number of anilines is 1. The van der Waals surface area contributed by atoms with Gasteiger partial charge in [-0.2, -0.15) is 9.78 Å². The van der Waals surface area contributed by atoms with Crippen LogP contribution in [-0.2, 0) is 0 Å². The summed E-state index contributed by atoms with van der Waals surface area (Å²) in [6, 6.07) is 11.5. The van der Waals surface area contributed by atoms with E-state index in [1.165, 1.54) is 22.3 Å². The lowest BCUT2D eigenvalue weighted by Crippen LogP contribution is -2.16. The highest BCUT2D eigenvalue weighted by Crippen LogP contribution is 2.30. The average molecular weight is 364 g/mol. The molecule has 26 heavy (non-hydrogen) atoms. The zero-order valence-electron chi connectivity index (χ0n) is 14.3. The molecule has 7 heteroatoms. The third-order valence-corrected chi connectivity index (χ3v) is 4.89. The molecule has 0 fully saturated rings. The van der Waals surface area contributed by atoms with Crippen molar-refractivity contribution in [3.8, 4) is 11.3 Å². The van der Waals surface area contributed by atoms with Gasteiger partial charge in [-0.05, 0) is 29.8 Å². The highest BCUT2D eigenvalue weighted by Gasteiger charge is 2.14. The molecule has 0 aliphatic carbocycles. The maximum absolute atomic E-state index is 12.8. The summed E-state index contributed by atoms with van der Waals surface area (Å²) in [7, 11) is 3.97. The Balaban J connectivity index is 1.72. The van der Waals surface area contributed by atoms with E-state index < -0.39 is 0 Å². The highest BCUT2D eigenvalue weighted by molar-refractivity contribution is 7.17. The molecule has 0 radical (unpaired) electrons. The molecule has 0 amide bonds. The minimum absolute atomic E-state index is 0.219. The van der Waals surface area contributed by atoms with Crippen molar-refractivity contribution in [1.82, 2.24) is 9.66 Å². The van der Waals surface area contributed by atoms with Gasteiger partial charge in [0.15, 0.2) is 0 Å². The van der Waals surface area contributed by atoms with Crippen LogP contribution in [0.3, 0.4) is 0 Å². The summed E-state index contributed by atoms with van der Waals surface area (Å²) in [6.45, 7) is 0. The third kappa shape index (κ3) is 2.93. The van der Waals surface area contributed by atoms with E-state index in [2.05, 4.69) is 10.1 Å². The minimum atomic E-state index is -0.219. The minimum Gasteiger partial charge on any atom is -0.464 e. The van der Waals surface area contributed by atoms with Gasteiger partial charge < -0.3 is 9.32 Å². The predicted molar refractivity (Wildman–Crippen MR) is 105 cm³/mol. The lowest BCUT2D eigenvalue weighted by Gasteiger charge is -2.11. The number of rotatable bonds is 4. The van der Waals surface area contributed by atoms with Crippen molar-refractivity contribution in [2.45, 2.75) is 0 Å². The van der Waals surface area contributed by atoms with E-state index in [0.29, 0.717) is 16.0 Å². The molecule has 0 bridgehead atoms. The molecule has 4 rings (SSSR count). The smallest absolute Gasteiger partial charge is 0.283 e. The molecule has 0 atom stereocenters. The van der Waals surface area contributed by atoms with Gasteiger partial charge in [-0.3, -0.25) is 4.79 Å². The summed E-state index contributed by atoms with van der Waals surface area (Å²) >= 11 is 1.41. The SMILES string of the molecule is CN(C)c1ccc(/C=N\n2cnc3scc(-c4ccco4)c3c2=O)cc1. The largest absolute Gasteiger partial charge is 0.464 e. The second-order valence-electron chi connectivity index (χ2n) is 5.93. The second-order valence-corrected chi connectivity index (χ2v) is 6.79. The van der Waals surface area contributed by atoms with Crippen molar-refractivity contribution in [3.63, 3.8) is 0 Å². The standard InChI is InChI=1S/C19H16N4O2S/c1-22(2)14-7-5-13(6-8-14)10-21-23-12-20-18-17(19(23)24)15(11-26-18)16-4-3-9-25-16/h3-12H,1-2H3/b21-10-. The molecule has 0 saturated carbocycles. The maximum atomic E-state index is 12.8. The van der Waals surface area contributed by atoms with Gasteiger partial charge in [0, 0.05) is 30.7 Å². The quantitative estimate of drug-likeness (QED) is 0.518. The van der Waals surface area contributed by atoms with Crippen LogP contribution in [0, 0.1) is 0 Å². The fourth-order valence-electron chi connectivity index (χ4n) is 2.61. The van der Waals surface area contributed by atoms with Gasteiger partial charge in [0.25, 0.3) is 5.56 Å². The summed E-state index contributed by atoms with van der Waals surface area (Å²) in [5.74, 6) is 0.649. The summed E-state index contributed by atoms with van der Waals surface area (Å²) in [6.07, 6.45) is 4.67. The summed E-state index contributed by atoms with van der Waals surface area (Å²) in [5, 5.41) is 6.68. The Morgan fingerprint density at radius 2 is 2.04 bits per heavy atom. The Hall–Kier alpha value is -3.19. The fraction of sp³-hybridized carbons (Fsp3) is 0.105. The highest BCUT2D eigenvalue weighted by atomic mass is 32.1. The first kappa shape index (κ1) is 16.3. The van der Waals surface area contributed by atoms with Crippen molar-refractivity contribution in [2.24, 2.45) is 5.10 Å². The van der Waals surface area contributed by atoms with Gasteiger partial charge in [0.1, 0.15) is 16.9 Å². The number of nitrogens with zero attached hydrogens (tertiary/aromatic N) is 4. The fourth-order valence-corrected chi connectivity index (χ4v) is 3.49. The van der Waals surface area contributed by atoms with Gasteiger partial charge in [0.05, 0.1) is 17.9 Å². The van der Waals surface area contributed by atoms with Gasteiger partial charge in [-0.15, -0.1) is 11.3 Å². The molecule has 3 aromatic heterocycles. The Morgan fingerprint density at radius 3 is 2.73 bits per heavy atom. The Morgan fingerprint density at radius 1 is 1.23 bits per heavy atom. The Kier molecular flexibility index (Phi) is 4.14. The number of hydrogen-bond acceptors (Lipinski definition) is 6. The van der Waals surface area contributed by atoms with Crippen LogP contribution < -0.4 is 10.5 Å². The van der Waals surface area contributed by atoms with E-state index in [0.717, 1.165) is 16.8 Å². The number of benzene rings is 1. The first-order chi connectivity index (χ1) is 12.6. The maximum Gasteiger partial charge on any atom is 0.283 e. The van der Waals surface area contributed by atoms with E-state index in [1.54, 1.807) is 18.5 Å². The Bertz CT molecular complexity index is 1120. The normalized spacial score (nSPS) is 11.5. The van der Waals surface area contributed by atoms with Crippen LogP contribution in [0.2, 0.25) is 0 Å². The molecule has 6 nitrogen and oxygen atoms in total. The van der Waals surface area contributed by atoms with Crippen LogP contribution in [-0.4, -0.2) is 30.0 Å². The van der Waals surface area contributed by atoms with Gasteiger partial charge >= 0.3 is 0 Å². The van der Waals surface area contributed by atoms with E-state index in [1.807, 2.05) is 54.7 Å². The number of hydrogen-bond donors (Lipinski definition) is 0. The lowest BCUT2D eigenvalue weighted by atomic mass is 10.2. The van der Waals surface area contributed by atoms with Crippen molar-refractivity contribution in [2.75, 3.05) is 19.0 Å². The molecule has 0 spiro atoms. The van der Waals surface area contributed by atoms with Crippen molar-refractivity contribution < 1.29 is 4.42 Å². The number of aromatic nitrogens is 2. The third-order valence-electron chi connectivity index (χ3n) is 4.01. The van der Waals surface area contributed by atoms with Crippen LogP contribution >= 0.6 is 11.3 Å². The van der Waals surface area contributed by atoms with Crippen LogP contribution in [0.15, 0.2) is 68.7 Å². The molecule has 1 aromatic carbocycles. The monoisotopic (exact) mass is 364 g/mol. The van der Waals surface area contributed by atoms with Gasteiger partial charge in [-0.1, -0.05) is 12.1 Å². The zero-order chi connectivity index (χ0) is 18.1. The van der Waals surface area contributed by atoms with E-state index in [-0.39, 0.29) is 5.56 Å². The molecule has 0 aliphatic heterocycles. The van der Waals surface area contributed by atoms with Crippen molar-refractivity contribution in [1.29, 1.82) is 0 Å². The van der Waals surface area contributed by atoms with Crippen LogP contribution in [0.1, 0.15) is 5.56 Å². The van der Waals surface area contributed by atoms with Gasteiger partial charge in [0.2, 0.25) is 0 Å². The topological polar surface area (TPSA) is 63.6 Å². The molecular formula is C19H16N4O2S. The average Bonchev–Trinajstić information content (AvgIpc) is 3.31. The molecular weight excluding hydrogens is 348 g/mol. The molecule has 0 saturated heterocycles. The van der Waals surface area contributed by atoms with Crippen molar-refractivity contribution in [3.05, 3.63) is 70.3 Å². The summed E-state index contributed by atoms with van der Waals surface area (Å²) < 4.78 is 6.68. The number of thiophene rings is 1. The van der Waals surface area contributed by atoms with E-state index in [9.17, 15) is 4.79 Å². The molecule has 3 heterocycles. The summed E-state index contributed by atoms with van der Waals surface area (Å²) in [4.78, 5) is 19.9. The zero-order valence-corrected chi connectivity index (χ0v) is 15.1. The lowest BCUT2D eigenvalue weighted by molar-refractivity contribution is 0.583. The van der Waals surface area contributed by atoms with Crippen LogP contribution in [0.25, 0.3) is 21.5 Å². The molecule has 0 aliphatic rings. The van der Waals surface area contributed by atoms with Gasteiger partial charge in [-0.25, -0.2) is 4.98 Å². The van der Waals surface area contributed by atoms with Crippen LogP contribution in [0.5, 0.6) is 0 Å². The number of fused-ring (bicyclic) bond motifs is 1. The second kappa shape index (κ2) is 6.61. The van der Waals surface area contributed by atoms with E-state index >= 15 is 0 Å². The number of furan rings is 1. The molecule has 130 valence electrons. The van der Waals surface area contributed by atoms with Crippen molar-refractivity contribution >= 4 is 33.5 Å². The van der Waals surface area contributed by atoms with E-state index in [4.69, 9.17) is 4.42 Å². The Labute approximate surface area is 153 Å². The molecule has 4 aromatic rings.